The molecule has 1 aliphatic carbocycles. The van der Waals surface area contributed by atoms with Gasteiger partial charge in [0.05, 0.1) is 6.10 Å². The summed E-state index contributed by atoms with van der Waals surface area (Å²) in [5.41, 5.74) is -0.207. The SMILES string of the molecule is CC1(C)CN(C(=O)NC2CCN(C3CCCC3)CC2)CCC1O. The van der Waals surface area contributed by atoms with Gasteiger partial charge in [0.2, 0.25) is 0 Å². The molecule has 2 saturated heterocycles. The summed E-state index contributed by atoms with van der Waals surface area (Å²) in [6.07, 6.45) is 8.02. The average molecular weight is 323 g/mol. The van der Waals surface area contributed by atoms with Gasteiger partial charge in [-0.3, -0.25) is 0 Å². The molecule has 0 spiro atoms. The predicted octanol–water partition coefficient (Wildman–Crippen LogP) is 2.20. The van der Waals surface area contributed by atoms with Crippen LogP contribution in [-0.4, -0.2) is 65.3 Å². The minimum absolute atomic E-state index is 0.0595. The molecule has 23 heavy (non-hydrogen) atoms. The molecule has 2 amide bonds. The molecule has 5 heteroatoms. The summed E-state index contributed by atoms with van der Waals surface area (Å²) in [5.74, 6) is 0. The first kappa shape index (κ1) is 17.0. The summed E-state index contributed by atoms with van der Waals surface area (Å²) in [5, 5.41) is 13.3. The van der Waals surface area contributed by atoms with E-state index in [1.807, 2.05) is 18.7 Å². The van der Waals surface area contributed by atoms with Gasteiger partial charge in [-0.1, -0.05) is 26.7 Å². The minimum Gasteiger partial charge on any atom is -0.392 e. The molecular weight excluding hydrogens is 290 g/mol. The van der Waals surface area contributed by atoms with E-state index >= 15 is 0 Å². The summed E-state index contributed by atoms with van der Waals surface area (Å²) in [6, 6.07) is 1.18. The number of urea groups is 1. The molecule has 1 atom stereocenters. The van der Waals surface area contributed by atoms with Crippen LogP contribution in [0.2, 0.25) is 0 Å². The van der Waals surface area contributed by atoms with Gasteiger partial charge in [0.25, 0.3) is 0 Å². The van der Waals surface area contributed by atoms with Crippen LogP contribution in [-0.2, 0) is 0 Å². The fourth-order valence-corrected chi connectivity index (χ4v) is 4.46. The Morgan fingerprint density at radius 2 is 1.70 bits per heavy atom. The van der Waals surface area contributed by atoms with Crippen LogP contribution >= 0.6 is 0 Å². The Labute approximate surface area is 140 Å². The molecule has 0 radical (unpaired) electrons. The lowest BCUT2D eigenvalue weighted by atomic mass is 9.81. The highest BCUT2D eigenvalue weighted by molar-refractivity contribution is 5.74. The van der Waals surface area contributed by atoms with Crippen molar-refractivity contribution in [2.75, 3.05) is 26.2 Å². The zero-order chi connectivity index (χ0) is 16.4. The lowest BCUT2D eigenvalue weighted by Crippen LogP contribution is -2.56. The molecule has 0 aromatic heterocycles. The van der Waals surface area contributed by atoms with E-state index in [1.54, 1.807) is 0 Å². The number of nitrogens with zero attached hydrogens (tertiary/aromatic N) is 2. The van der Waals surface area contributed by atoms with E-state index < -0.39 is 0 Å². The van der Waals surface area contributed by atoms with Gasteiger partial charge in [-0.15, -0.1) is 0 Å². The minimum atomic E-state index is -0.304. The number of aliphatic hydroxyl groups excluding tert-OH is 1. The Kier molecular flexibility index (Phi) is 5.16. The monoisotopic (exact) mass is 323 g/mol. The second-order valence-electron chi connectivity index (χ2n) is 8.41. The van der Waals surface area contributed by atoms with Crippen molar-refractivity contribution in [1.29, 1.82) is 0 Å². The van der Waals surface area contributed by atoms with Crippen LogP contribution < -0.4 is 5.32 Å². The van der Waals surface area contributed by atoms with Gasteiger partial charge >= 0.3 is 6.03 Å². The number of hydrogen-bond donors (Lipinski definition) is 2. The number of likely N-dealkylation sites (tertiary alicyclic amines) is 2. The molecule has 1 unspecified atom stereocenters. The van der Waals surface area contributed by atoms with E-state index in [0.29, 0.717) is 25.6 Å². The van der Waals surface area contributed by atoms with Crippen LogP contribution in [0.3, 0.4) is 0 Å². The van der Waals surface area contributed by atoms with Gasteiger partial charge in [0, 0.05) is 43.7 Å². The highest BCUT2D eigenvalue weighted by Crippen LogP contribution is 2.29. The van der Waals surface area contributed by atoms with Crippen molar-refractivity contribution < 1.29 is 9.90 Å². The lowest BCUT2D eigenvalue weighted by molar-refractivity contribution is -0.0120. The number of hydrogen-bond acceptors (Lipinski definition) is 3. The molecule has 1 saturated carbocycles. The van der Waals surface area contributed by atoms with Gasteiger partial charge in [0.15, 0.2) is 0 Å². The molecule has 132 valence electrons. The number of carbonyl (C=O) groups excluding carboxylic acids is 1. The largest absolute Gasteiger partial charge is 0.392 e. The number of rotatable bonds is 2. The Morgan fingerprint density at radius 1 is 1.04 bits per heavy atom. The standard InChI is InChI=1S/C18H33N3O2/c1-18(2)13-21(12-9-16(18)22)17(23)19-14-7-10-20(11-8-14)15-5-3-4-6-15/h14-16,22H,3-13H2,1-2H3,(H,19,23). The topological polar surface area (TPSA) is 55.8 Å². The van der Waals surface area contributed by atoms with Crippen LogP contribution in [0.4, 0.5) is 4.79 Å². The number of aliphatic hydroxyl groups is 1. The number of amides is 2. The van der Waals surface area contributed by atoms with Gasteiger partial charge in [-0.25, -0.2) is 4.79 Å². The molecule has 2 heterocycles. The molecule has 0 bridgehead atoms. The van der Waals surface area contributed by atoms with Gasteiger partial charge in [-0.2, -0.15) is 0 Å². The first-order valence-corrected chi connectivity index (χ1v) is 9.43. The molecule has 0 aromatic carbocycles. The third kappa shape index (κ3) is 4.00. The van der Waals surface area contributed by atoms with Gasteiger partial charge in [-0.05, 0) is 32.1 Å². The Bertz CT molecular complexity index is 412. The highest BCUT2D eigenvalue weighted by atomic mass is 16.3. The normalized spacial score (nSPS) is 30.6. The molecule has 0 aromatic rings. The van der Waals surface area contributed by atoms with E-state index in [0.717, 1.165) is 32.0 Å². The van der Waals surface area contributed by atoms with Gasteiger partial charge in [0.1, 0.15) is 0 Å². The predicted molar refractivity (Wildman–Crippen MR) is 91.4 cm³/mol. The van der Waals surface area contributed by atoms with Gasteiger partial charge < -0.3 is 20.2 Å². The van der Waals surface area contributed by atoms with Crippen LogP contribution in [0.1, 0.15) is 58.8 Å². The Morgan fingerprint density at radius 3 is 2.30 bits per heavy atom. The Balaban J connectivity index is 1.44. The number of piperidine rings is 2. The molecule has 3 fully saturated rings. The summed E-state index contributed by atoms with van der Waals surface area (Å²) < 4.78 is 0. The first-order valence-electron chi connectivity index (χ1n) is 9.43. The van der Waals surface area contributed by atoms with Crippen molar-refractivity contribution in [2.45, 2.75) is 77.0 Å². The van der Waals surface area contributed by atoms with Crippen molar-refractivity contribution in [2.24, 2.45) is 5.41 Å². The lowest BCUT2D eigenvalue weighted by Gasteiger charge is -2.42. The molecule has 2 N–H and O–H groups in total. The van der Waals surface area contributed by atoms with E-state index in [1.165, 1.54) is 25.7 Å². The van der Waals surface area contributed by atoms with Crippen molar-refractivity contribution in [3.05, 3.63) is 0 Å². The number of carbonyl (C=O) groups is 1. The van der Waals surface area contributed by atoms with E-state index in [2.05, 4.69) is 10.2 Å². The number of nitrogens with one attached hydrogen (secondary N) is 1. The molecule has 3 rings (SSSR count). The van der Waals surface area contributed by atoms with E-state index in [-0.39, 0.29) is 17.6 Å². The zero-order valence-electron chi connectivity index (χ0n) is 14.8. The van der Waals surface area contributed by atoms with Crippen LogP contribution in [0, 0.1) is 5.41 Å². The maximum atomic E-state index is 12.5. The smallest absolute Gasteiger partial charge is 0.317 e. The van der Waals surface area contributed by atoms with Crippen LogP contribution in [0.25, 0.3) is 0 Å². The summed E-state index contributed by atoms with van der Waals surface area (Å²) in [7, 11) is 0. The third-order valence-corrected chi connectivity index (χ3v) is 6.16. The quantitative estimate of drug-likeness (QED) is 0.819. The van der Waals surface area contributed by atoms with Crippen LogP contribution in [0.15, 0.2) is 0 Å². The average Bonchev–Trinajstić information content (AvgIpc) is 3.05. The molecular formula is C18H33N3O2. The highest BCUT2D eigenvalue weighted by Gasteiger charge is 2.37. The third-order valence-electron chi connectivity index (χ3n) is 6.16. The second-order valence-corrected chi connectivity index (χ2v) is 8.41. The molecule has 5 nitrogen and oxygen atoms in total. The maximum absolute atomic E-state index is 12.5. The van der Waals surface area contributed by atoms with E-state index in [4.69, 9.17) is 0 Å². The second kappa shape index (κ2) is 6.98. The Hall–Kier alpha value is -0.810. The maximum Gasteiger partial charge on any atom is 0.317 e. The summed E-state index contributed by atoms with van der Waals surface area (Å²) in [6.45, 7) is 7.63. The van der Waals surface area contributed by atoms with Crippen molar-refractivity contribution in [3.63, 3.8) is 0 Å². The van der Waals surface area contributed by atoms with E-state index in [9.17, 15) is 9.90 Å². The first-order chi connectivity index (χ1) is 11.0. The van der Waals surface area contributed by atoms with Crippen molar-refractivity contribution >= 4 is 6.03 Å². The molecule has 3 aliphatic rings. The summed E-state index contributed by atoms with van der Waals surface area (Å²) in [4.78, 5) is 17.0. The fourth-order valence-electron chi connectivity index (χ4n) is 4.46. The fraction of sp³-hybridized carbons (Fsp3) is 0.944. The van der Waals surface area contributed by atoms with Crippen LogP contribution in [0.5, 0.6) is 0 Å². The van der Waals surface area contributed by atoms with Crippen molar-refractivity contribution in [3.8, 4) is 0 Å². The summed E-state index contributed by atoms with van der Waals surface area (Å²) >= 11 is 0. The van der Waals surface area contributed by atoms with Crippen molar-refractivity contribution in [1.82, 2.24) is 15.1 Å². The zero-order valence-corrected chi connectivity index (χ0v) is 14.8. The molecule has 2 aliphatic heterocycles.